The molecule has 1 rings (SSSR count). The molecule has 0 saturated heterocycles. The predicted octanol–water partition coefficient (Wildman–Crippen LogP) is 4.89. The van der Waals surface area contributed by atoms with E-state index < -0.39 is 0 Å². The minimum atomic E-state index is 0.491. The van der Waals surface area contributed by atoms with Crippen LogP contribution in [0, 0.1) is 11.3 Å². The molecule has 2 unspecified atom stereocenters. The summed E-state index contributed by atoms with van der Waals surface area (Å²) in [5.74, 6) is 0.861. The first-order valence-electron chi connectivity index (χ1n) is 6.21. The molecule has 0 N–H and O–H groups in total. The Bertz CT molecular complexity index is 276. The molecule has 0 aromatic rings. The van der Waals surface area contributed by atoms with Crippen molar-refractivity contribution in [2.24, 2.45) is 11.3 Å². The number of allylic oxidation sites excluding steroid dienone is 6. The van der Waals surface area contributed by atoms with Crippen LogP contribution in [0.5, 0.6) is 0 Å². The average Bonchev–Trinajstić information content (AvgIpc) is 2.90. The minimum absolute atomic E-state index is 0.491. The number of rotatable bonds is 5. The van der Waals surface area contributed by atoms with Gasteiger partial charge in [-0.2, -0.15) is 0 Å². The molecule has 0 aromatic carbocycles. The zero-order chi connectivity index (χ0) is 11.3. The molecule has 0 amide bonds. The van der Waals surface area contributed by atoms with Crippen LogP contribution in [-0.2, 0) is 0 Å². The predicted molar refractivity (Wildman–Crippen MR) is 68.8 cm³/mol. The van der Waals surface area contributed by atoms with Gasteiger partial charge in [0.25, 0.3) is 0 Å². The van der Waals surface area contributed by atoms with Gasteiger partial charge in [0.2, 0.25) is 0 Å². The van der Waals surface area contributed by atoms with Crippen molar-refractivity contribution in [3.05, 3.63) is 36.0 Å². The van der Waals surface area contributed by atoms with Crippen LogP contribution in [0.2, 0.25) is 0 Å². The van der Waals surface area contributed by atoms with Crippen molar-refractivity contribution in [1.29, 1.82) is 0 Å². The molecule has 0 heteroatoms. The van der Waals surface area contributed by atoms with Crippen molar-refractivity contribution in [3.8, 4) is 0 Å². The van der Waals surface area contributed by atoms with Gasteiger partial charge in [0, 0.05) is 0 Å². The van der Waals surface area contributed by atoms with Crippen molar-refractivity contribution >= 4 is 0 Å². The molecule has 0 heterocycles. The molecule has 1 aliphatic carbocycles. The highest BCUT2D eigenvalue weighted by molar-refractivity contribution is 5.36. The second kappa shape index (κ2) is 5.34. The van der Waals surface area contributed by atoms with Gasteiger partial charge >= 0.3 is 0 Å². The Morgan fingerprint density at radius 1 is 1.40 bits per heavy atom. The Labute approximate surface area is 94.8 Å². The first-order chi connectivity index (χ1) is 7.21. The van der Waals surface area contributed by atoms with Gasteiger partial charge in [-0.3, -0.25) is 0 Å². The molecular formula is C15H24. The Balaban J connectivity index is 2.83. The molecular weight excluding hydrogens is 180 g/mol. The van der Waals surface area contributed by atoms with Gasteiger partial charge in [-0.25, -0.2) is 0 Å². The molecule has 0 radical (unpaired) electrons. The van der Waals surface area contributed by atoms with Gasteiger partial charge in [0.1, 0.15) is 0 Å². The largest absolute Gasteiger partial charge is 0.0874 e. The highest BCUT2D eigenvalue weighted by Gasteiger charge is 2.50. The van der Waals surface area contributed by atoms with Gasteiger partial charge in [0.05, 0.1) is 0 Å². The number of hydrogen-bond acceptors (Lipinski definition) is 0. The molecule has 84 valence electrons. The summed E-state index contributed by atoms with van der Waals surface area (Å²) in [6.45, 7) is 8.96. The van der Waals surface area contributed by atoms with E-state index in [0.29, 0.717) is 5.41 Å². The quantitative estimate of drug-likeness (QED) is 0.559. The fraction of sp³-hybridized carbons (Fsp3) is 0.600. The standard InChI is InChI=1S/C15H24/c1-5-8-9-11-14(10-6-2)15(7-3)12-13(15)4/h6,8-11,13H,5,7,12H2,1-4H3/b9-8+,10-6-,14-11+. The summed E-state index contributed by atoms with van der Waals surface area (Å²) in [7, 11) is 0. The summed E-state index contributed by atoms with van der Waals surface area (Å²) < 4.78 is 0. The summed E-state index contributed by atoms with van der Waals surface area (Å²) in [5, 5.41) is 0. The second-order valence-corrected chi connectivity index (χ2v) is 4.57. The fourth-order valence-corrected chi connectivity index (χ4v) is 2.46. The lowest BCUT2D eigenvalue weighted by Crippen LogP contribution is -2.03. The summed E-state index contributed by atoms with van der Waals surface area (Å²) in [5.41, 5.74) is 2.01. The van der Waals surface area contributed by atoms with Crippen LogP contribution in [0.15, 0.2) is 36.0 Å². The average molecular weight is 204 g/mol. The van der Waals surface area contributed by atoms with Crippen molar-refractivity contribution in [2.45, 2.75) is 47.0 Å². The maximum Gasteiger partial charge on any atom is -0.00209 e. The topological polar surface area (TPSA) is 0 Å². The van der Waals surface area contributed by atoms with Crippen molar-refractivity contribution in [1.82, 2.24) is 0 Å². The first-order valence-corrected chi connectivity index (χ1v) is 6.21. The minimum Gasteiger partial charge on any atom is -0.0874 e. The molecule has 0 aliphatic heterocycles. The van der Waals surface area contributed by atoms with E-state index in [1.807, 2.05) is 0 Å². The fourth-order valence-electron chi connectivity index (χ4n) is 2.46. The van der Waals surface area contributed by atoms with Gasteiger partial charge in [-0.1, -0.05) is 51.2 Å². The van der Waals surface area contributed by atoms with E-state index in [-0.39, 0.29) is 0 Å². The van der Waals surface area contributed by atoms with E-state index in [1.165, 1.54) is 18.4 Å². The Morgan fingerprint density at radius 2 is 2.07 bits per heavy atom. The van der Waals surface area contributed by atoms with Gasteiger partial charge in [0.15, 0.2) is 0 Å². The lowest BCUT2D eigenvalue weighted by Gasteiger charge is -2.15. The monoisotopic (exact) mass is 204 g/mol. The SMILES string of the molecule is C\C=C/C(=C\C=C\CC)C1(CC)CC1C. The van der Waals surface area contributed by atoms with E-state index >= 15 is 0 Å². The summed E-state index contributed by atoms with van der Waals surface area (Å²) in [6, 6.07) is 0. The summed E-state index contributed by atoms with van der Waals surface area (Å²) >= 11 is 0. The van der Waals surface area contributed by atoms with E-state index in [1.54, 1.807) is 0 Å². The van der Waals surface area contributed by atoms with Crippen LogP contribution >= 0.6 is 0 Å². The molecule has 1 aliphatic rings. The summed E-state index contributed by atoms with van der Waals surface area (Å²) in [6.07, 6.45) is 14.9. The molecule has 0 spiro atoms. The highest BCUT2D eigenvalue weighted by Crippen LogP contribution is 2.60. The van der Waals surface area contributed by atoms with Crippen molar-refractivity contribution in [3.63, 3.8) is 0 Å². The van der Waals surface area contributed by atoms with Crippen LogP contribution in [0.4, 0.5) is 0 Å². The van der Waals surface area contributed by atoms with E-state index in [2.05, 4.69) is 58.1 Å². The lowest BCUT2D eigenvalue weighted by molar-refractivity contribution is 0.544. The van der Waals surface area contributed by atoms with Gasteiger partial charge in [-0.05, 0) is 43.1 Å². The van der Waals surface area contributed by atoms with E-state index in [0.717, 1.165) is 12.3 Å². The first kappa shape index (κ1) is 12.3. The third kappa shape index (κ3) is 2.62. The number of hydrogen-bond donors (Lipinski definition) is 0. The maximum absolute atomic E-state index is 2.37. The molecule has 1 saturated carbocycles. The van der Waals surface area contributed by atoms with Crippen LogP contribution in [0.3, 0.4) is 0 Å². The molecule has 0 nitrogen and oxygen atoms in total. The third-order valence-corrected chi connectivity index (χ3v) is 3.65. The zero-order valence-electron chi connectivity index (χ0n) is 10.6. The van der Waals surface area contributed by atoms with Crippen LogP contribution < -0.4 is 0 Å². The Hall–Kier alpha value is -0.780. The van der Waals surface area contributed by atoms with E-state index in [4.69, 9.17) is 0 Å². The van der Waals surface area contributed by atoms with E-state index in [9.17, 15) is 0 Å². The van der Waals surface area contributed by atoms with Crippen LogP contribution in [-0.4, -0.2) is 0 Å². The molecule has 0 bridgehead atoms. The normalized spacial score (nSPS) is 31.7. The third-order valence-electron chi connectivity index (χ3n) is 3.65. The molecule has 15 heavy (non-hydrogen) atoms. The molecule has 0 aromatic heterocycles. The molecule has 2 atom stereocenters. The van der Waals surface area contributed by atoms with Crippen LogP contribution in [0.1, 0.15) is 47.0 Å². The van der Waals surface area contributed by atoms with Crippen LogP contribution in [0.25, 0.3) is 0 Å². The maximum atomic E-state index is 2.37. The Morgan fingerprint density at radius 3 is 2.47 bits per heavy atom. The zero-order valence-corrected chi connectivity index (χ0v) is 10.6. The van der Waals surface area contributed by atoms with Gasteiger partial charge in [-0.15, -0.1) is 0 Å². The second-order valence-electron chi connectivity index (χ2n) is 4.57. The van der Waals surface area contributed by atoms with Gasteiger partial charge < -0.3 is 0 Å². The van der Waals surface area contributed by atoms with Crippen molar-refractivity contribution < 1.29 is 0 Å². The molecule has 1 fully saturated rings. The van der Waals surface area contributed by atoms with Crippen molar-refractivity contribution in [2.75, 3.05) is 0 Å². The highest BCUT2D eigenvalue weighted by atomic mass is 14.5. The Kier molecular flexibility index (Phi) is 4.38. The summed E-state index contributed by atoms with van der Waals surface area (Å²) in [4.78, 5) is 0. The lowest BCUT2D eigenvalue weighted by atomic mass is 9.89. The smallest absolute Gasteiger partial charge is 0.00209 e.